The molecule has 1 saturated heterocycles. The summed E-state index contributed by atoms with van der Waals surface area (Å²) in [5.41, 5.74) is 1.25. The molecule has 0 saturated carbocycles. The van der Waals surface area contributed by atoms with Crippen molar-refractivity contribution in [3.63, 3.8) is 0 Å². The first-order chi connectivity index (χ1) is 9.65. The van der Waals surface area contributed by atoms with Gasteiger partial charge in [0.15, 0.2) is 0 Å². The van der Waals surface area contributed by atoms with Gasteiger partial charge in [0.25, 0.3) is 0 Å². The van der Waals surface area contributed by atoms with Crippen molar-refractivity contribution in [1.29, 1.82) is 0 Å². The number of nitrogens with zero attached hydrogens (tertiary/aromatic N) is 2. The summed E-state index contributed by atoms with van der Waals surface area (Å²) in [6, 6.07) is 7.42. The molecule has 21 heavy (non-hydrogen) atoms. The number of benzene rings is 1. The van der Waals surface area contributed by atoms with Gasteiger partial charge in [0.2, 0.25) is 11.8 Å². The van der Waals surface area contributed by atoms with E-state index in [1.807, 2.05) is 58.9 Å². The molecule has 4 heteroatoms. The van der Waals surface area contributed by atoms with Crippen molar-refractivity contribution >= 4 is 17.5 Å². The van der Waals surface area contributed by atoms with E-state index in [-0.39, 0.29) is 29.3 Å². The highest BCUT2D eigenvalue weighted by atomic mass is 16.2. The van der Waals surface area contributed by atoms with Crippen molar-refractivity contribution < 1.29 is 9.59 Å². The van der Waals surface area contributed by atoms with Crippen LogP contribution >= 0.6 is 0 Å². The third-order valence-electron chi connectivity index (χ3n) is 4.67. The van der Waals surface area contributed by atoms with Gasteiger partial charge in [-0.15, -0.1) is 0 Å². The van der Waals surface area contributed by atoms with E-state index < -0.39 is 6.04 Å². The lowest BCUT2D eigenvalue weighted by molar-refractivity contribution is -0.147. The van der Waals surface area contributed by atoms with Gasteiger partial charge in [-0.2, -0.15) is 0 Å². The van der Waals surface area contributed by atoms with Crippen LogP contribution in [0.2, 0.25) is 0 Å². The fraction of sp³-hybridized carbons (Fsp3) is 0.529. The number of fused-ring (bicyclic) bond motifs is 3. The number of hydrogen-bond acceptors (Lipinski definition) is 2. The van der Waals surface area contributed by atoms with Crippen LogP contribution in [0.3, 0.4) is 0 Å². The van der Waals surface area contributed by atoms with Crippen LogP contribution in [-0.2, 0) is 15.0 Å². The van der Waals surface area contributed by atoms with E-state index in [9.17, 15) is 9.59 Å². The molecule has 2 aliphatic rings. The van der Waals surface area contributed by atoms with Gasteiger partial charge < -0.3 is 4.90 Å². The van der Waals surface area contributed by atoms with Crippen molar-refractivity contribution in [2.24, 2.45) is 0 Å². The quantitative estimate of drug-likeness (QED) is 0.734. The average molecular weight is 286 g/mol. The summed E-state index contributed by atoms with van der Waals surface area (Å²) in [7, 11) is 0. The monoisotopic (exact) mass is 286 g/mol. The number of para-hydroxylation sites is 1. The molecule has 0 radical (unpaired) electrons. The predicted molar refractivity (Wildman–Crippen MR) is 82.2 cm³/mol. The maximum absolute atomic E-state index is 13.0. The fourth-order valence-electron chi connectivity index (χ4n) is 3.54. The summed E-state index contributed by atoms with van der Waals surface area (Å²) in [5.74, 6) is 0.0517. The molecular formula is C17H22N2O2. The number of piperazine rings is 1. The molecule has 1 fully saturated rings. The minimum absolute atomic E-state index is 0.00699. The van der Waals surface area contributed by atoms with E-state index in [0.717, 1.165) is 11.3 Å². The van der Waals surface area contributed by atoms with E-state index in [1.165, 1.54) is 0 Å². The molecular weight excluding hydrogens is 264 g/mol. The molecule has 3 rings (SSSR count). The second-order valence-electron chi connectivity index (χ2n) is 7.50. The molecule has 0 aromatic heterocycles. The second-order valence-corrected chi connectivity index (χ2v) is 7.50. The lowest BCUT2D eigenvalue weighted by Gasteiger charge is -2.46. The Labute approximate surface area is 125 Å². The lowest BCUT2D eigenvalue weighted by atomic mass is 9.79. The zero-order chi connectivity index (χ0) is 15.6. The number of rotatable bonds is 0. The maximum atomic E-state index is 13.0. The van der Waals surface area contributed by atoms with E-state index in [0.29, 0.717) is 0 Å². The first kappa shape index (κ1) is 14.1. The molecule has 1 aromatic rings. The van der Waals surface area contributed by atoms with Gasteiger partial charge in [0.1, 0.15) is 12.6 Å². The van der Waals surface area contributed by atoms with E-state index in [4.69, 9.17) is 0 Å². The molecule has 2 aliphatic heterocycles. The Morgan fingerprint density at radius 3 is 2.38 bits per heavy atom. The third-order valence-corrected chi connectivity index (χ3v) is 4.67. The Balaban J connectivity index is 2.14. The second kappa shape index (κ2) is 4.09. The normalized spacial score (nSPS) is 24.1. The smallest absolute Gasteiger partial charge is 0.247 e. The number of anilines is 1. The van der Waals surface area contributed by atoms with Crippen LogP contribution in [0.1, 0.15) is 40.2 Å². The summed E-state index contributed by atoms with van der Waals surface area (Å²) < 4.78 is 0. The molecule has 1 atom stereocenters. The summed E-state index contributed by atoms with van der Waals surface area (Å²) in [4.78, 5) is 29.1. The SMILES string of the molecule is CC1(C)c2ccccc2N2C(=O)CN(C(C)(C)C)C(=O)C21. The van der Waals surface area contributed by atoms with E-state index >= 15 is 0 Å². The topological polar surface area (TPSA) is 40.6 Å². The van der Waals surface area contributed by atoms with Crippen LogP contribution in [0.25, 0.3) is 0 Å². The fourth-order valence-corrected chi connectivity index (χ4v) is 3.54. The Morgan fingerprint density at radius 1 is 1.14 bits per heavy atom. The van der Waals surface area contributed by atoms with Crippen molar-refractivity contribution in [2.75, 3.05) is 11.4 Å². The molecule has 0 aliphatic carbocycles. The first-order valence-electron chi connectivity index (χ1n) is 7.39. The van der Waals surface area contributed by atoms with Crippen molar-refractivity contribution in [1.82, 2.24) is 4.90 Å². The van der Waals surface area contributed by atoms with Gasteiger partial charge in [0, 0.05) is 16.6 Å². The predicted octanol–water partition coefficient (Wildman–Crippen LogP) is 2.32. The molecule has 1 unspecified atom stereocenters. The van der Waals surface area contributed by atoms with Gasteiger partial charge in [-0.25, -0.2) is 0 Å². The number of carbonyl (C=O) groups is 2. The van der Waals surface area contributed by atoms with Gasteiger partial charge in [-0.1, -0.05) is 32.0 Å². The molecule has 1 aromatic carbocycles. The highest BCUT2D eigenvalue weighted by Gasteiger charge is 2.56. The molecule has 112 valence electrons. The molecule has 0 bridgehead atoms. The summed E-state index contributed by atoms with van der Waals surface area (Å²) in [5, 5.41) is 0. The molecule has 0 N–H and O–H groups in total. The lowest BCUT2D eigenvalue weighted by Crippen LogP contribution is -2.66. The number of carbonyl (C=O) groups excluding carboxylic acids is 2. The van der Waals surface area contributed by atoms with Crippen LogP contribution in [0.4, 0.5) is 5.69 Å². The molecule has 2 amide bonds. The third kappa shape index (κ3) is 1.81. The molecule has 2 heterocycles. The number of amides is 2. The van der Waals surface area contributed by atoms with Crippen LogP contribution in [0.5, 0.6) is 0 Å². The Bertz CT molecular complexity index is 628. The highest BCUT2D eigenvalue weighted by molar-refractivity contribution is 6.10. The summed E-state index contributed by atoms with van der Waals surface area (Å²) in [6.07, 6.45) is 0. The summed E-state index contributed by atoms with van der Waals surface area (Å²) in [6.45, 7) is 10.2. The Kier molecular flexibility index (Phi) is 2.75. The van der Waals surface area contributed by atoms with Crippen molar-refractivity contribution in [2.45, 2.75) is 51.6 Å². The average Bonchev–Trinajstić information content (AvgIpc) is 2.62. The first-order valence-corrected chi connectivity index (χ1v) is 7.39. The summed E-state index contributed by atoms with van der Waals surface area (Å²) >= 11 is 0. The van der Waals surface area contributed by atoms with E-state index in [1.54, 1.807) is 9.80 Å². The van der Waals surface area contributed by atoms with Crippen LogP contribution < -0.4 is 4.90 Å². The minimum atomic E-state index is -0.435. The zero-order valence-electron chi connectivity index (χ0n) is 13.3. The van der Waals surface area contributed by atoms with E-state index in [2.05, 4.69) is 0 Å². The Hall–Kier alpha value is -1.84. The van der Waals surface area contributed by atoms with Gasteiger partial charge in [-0.05, 0) is 32.4 Å². The largest absolute Gasteiger partial charge is 0.327 e. The van der Waals surface area contributed by atoms with Gasteiger partial charge >= 0.3 is 0 Å². The van der Waals surface area contributed by atoms with Crippen LogP contribution in [0.15, 0.2) is 24.3 Å². The standard InChI is InChI=1S/C17H22N2O2/c1-16(2,3)18-10-13(20)19-12-9-7-6-8-11(12)17(4,5)14(19)15(18)21/h6-9,14H,10H2,1-5H3. The highest BCUT2D eigenvalue weighted by Crippen LogP contribution is 2.47. The van der Waals surface area contributed by atoms with Crippen LogP contribution in [-0.4, -0.2) is 34.8 Å². The number of hydrogen-bond donors (Lipinski definition) is 0. The van der Waals surface area contributed by atoms with Crippen LogP contribution in [0, 0.1) is 0 Å². The van der Waals surface area contributed by atoms with Gasteiger partial charge in [-0.3, -0.25) is 14.5 Å². The molecule has 0 spiro atoms. The molecule has 4 nitrogen and oxygen atoms in total. The minimum Gasteiger partial charge on any atom is -0.327 e. The van der Waals surface area contributed by atoms with Gasteiger partial charge in [0.05, 0.1) is 0 Å². The zero-order valence-corrected chi connectivity index (χ0v) is 13.3. The van der Waals surface area contributed by atoms with Crippen molar-refractivity contribution in [3.8, 4) is 0 Å². The van der Waals surface area contributed by atoms with Crippen molar-refractivity contribution in [3.05, 3.63) is 29.8 Å². The maximum Gasteiger partial charge on any atom is 0.247 e. The Morgan fingerprint density at radius 2 is 1.76 bits per heavy atom.